The lowest BCUT2D eigenvalue weighted by Crippen LogP contribution is -2.49. The molecule has 3 heterocycles. The maximum atomic E-state index is 4.95. The second-order valence-electron chi connectivity index (χ2n) is 8.92. The van der Waals surface area contributed by atoms with E-state index in [1.807, 2.05) is 11.7 Å². The minimum Gasteiger partial charge on any atom is -0.348 e. The number of thiazole rings is 1. The molecular formula is C24H29N5S. The van der Waals surface area contributed by atoms with Crippen molar-refractivity contribution in [3.05, 3.63) is 42.1 Å². The molecule has 1 aliphatic rings. The molecular weight excluding hydrogens is 390 g/mol. The van der Waals surface area contributed by atoms with Crippen molar-refractivity contribution in [3.8, 4) is 11.1 Å². The first-order valence-electron chi connectivity index (χ1n) is 10.7. The van der Waals surface area contributed by atoms with E-state index in [1.54, 1.807) is 11.3 Å². The predicted molar refractivity (Wildman–Crippen MR) is 128 cm³/mol. The van der Waals surface area contributed by atoms with Crippen molar-refractivity contribution >= 4 is 37.6 Å². The van der Waals surface area contributed by atoms with Crippen LogP contribution in [0.2, 0.25) is 0 Å². The van der Waals surface area contributed by atoms with Gasteiger partial charge in [0.2, 0.25) is 0 Å². The zero-order valence-corrected chi connectivity index (χ0v) is 19.1. The van der Waals surface area contributed by atoms with Crippen LogP contribution in [0.1, 0.15) is 32.3 Å². The van der Waals surface area contributed by atoms with E-state index in [9.17, 15) is 0 Å². The number of nitrogens with zero attached hydrogens (tertiary/aromatic N) is 4. The number of hydrogen-bond acceptors (Lipinski definition) is 5. The summed E-state index contributed by atoms with van der Waals surface area (Å²) >= 11 is 1.80. The van der Waals surface area contributed by atoms with Crippen molar-refractivity contribution in [2.24, 2.45) is 7.05 Å². The number of aromatic nitrogens is 3. The van der Waals surface area contributed by atoms with Gasteiger partial charge in [-0.2, -0.15) is 5.10 Å². The van der Waals surface area contributed by atoms with Crippen molar-refractivity contribution in [2.75, 3.05) is 11.9 Å². The Morgan fingerprint density at radius 2 is 1.87 bits per heavy atom. The highest BCUT2D eigenvalue weighted by Crippen LogP contribution is 2.35. The molecule has 2 aromatic heterocycles. The number of fused-ring (bicyclic) bond motifs is 2. The van der Waals surface area contributed by atoms with Crippen LogP contribution in [0.15, 0.2) is 36.5 Å². The summed E-state index contributed by atoms with van der Waals surface area (Å²) in [5.41, 5.74) is 5.84. The Hall–Kier alpha value is -2.44. The number of rotatable bonds is 3. The molecule has 156 valence electrons. The third-order valence-electron chi connectivity index (χ3n) is 6.29. The van der Waals surface area contributed by atoms with Gasteiger partial charge in [-0.25, -0.2) is 4.98 Å². The molecule has 30 heavy (non-hydrogen) atoms. The van der Waals surface area contributed by atoms with Crippen molar-refractivity contribution in [1.29, 1.82) is 0 Å². The van der Waals surface area contributed by atoms with Gasteiger partial charge in [0.25, 0.3) is 0 Å². The molecule has 5 nitrogen and oxygen atoms in total. The Morgan fingerprint density at radius 3 is 2.63 bits per heavy atom. The molecule has 0 aliphatic carbocycles. The van der Waals surface area contributed by atoms with E-state index in [0.29, 0.717) is 18.1 Å². The fraction of sp³-hybridized carbons (Fsp3) is 0.417. The first kappa shape index (κ1) is 19.5. The number of aryl methyl sites for hydroxylation is 2. The zero-order valence-electron chi connectivity index (χ0n) is 18.3. The van der Waals surface area contributed by atoms with Crippen LogP contribution in [-0.2, 0) is 7.05 Å². The maximum Gasteiger partial charge on any atom is 0.186 e. The monoisotopic (exact) mass is 419 g/mol. The van der Waals surface area contributed by atoms with E-state index in [-0.39, 0.29) is 0 Å². The second kappa shape index (κ2) is 7.36. The molecule has 1 N–H and O–H groups in total. The second-order valence-corrected chi connectivity index (χ2v) is 9.93. The smallest absolute Gasteiger partial charge is 0.186 e. The van der Waals surface area contributed by atoms with Crippen molar-refractivity contribution < 1.29 is 0 Å². The quantitative estimate of drug-likeness (QED) is 0.500. The fourth-order valence-electron chi connectivity index (χ4n) is 4.85. The maximum absolute atomic E-state index is 4.95. The van der Waals surface area contributed by atoms with Crippen molar-refractivity contribution in [2.45, 2.75) is 51.7 Å². The number of benzene rings is 2. The average Bonchev–Trinajstić information content (AvgIpc) is 3.29. The molecule has 0 amide bonds. The van der Waals surface area contributed by atoms with E-state index in [4.69, 9.17) is 4.98 Å². The highest BCUT2D eigenvalue weighted by Gasteiger charge is 2.27. The summed E-state index contributed by atoms with van der Waals surface area (Å²) in [4.78, 5) is 7.35. The highest BCUT2D eigenvalue weighted by atomic mass is 32.1. The standard InChI is InChI=1S/C24H29N5S/c1-14-8-18(11-19-13-28(4)27-23(14)19)17-6-7-21-22(12-17)30-24(26-21)29(5)20-9-15(2)25-16(3)10-20/h6-8,11-13,15-16,20,25H,9-10H2,1-5H3. The van der Waals surface area contributed by atoms with Crippen LogP contribution in [0.5, 0.6) is 0 Å². The van der Waals surface area contributed by atoms with Crippen LogP contribution in [0.25, 0.3) is 32.2 Å². The Bertz CT molecular complexity index is 1210. The first-order chi connectivity index (χ1) is 14.4. The van der Waals surface area contributed by atoms with Crippen molar-refractivity contribution in [1.82, 2.24) is 20.1 Å². The van der Waals surface area contributed by atoms with Gasteiger partial charge in [0.15, 0.2) is 5.13 Å². The van der Waals surface area contributed by atoms with Crippen LogP contribution in [0.4, 0.5) is 5.13 Å². The predicted octanol–water partition coefficient (Wildman–Crippen LogP) is 5.12. The van der Waals surface area contributed by atoms with Crippen LogP contribution in [-0.4, -0.2) is 39.9 Å². The van der Waals surface area contributed by atoms with E-state index in [0.717, 1.165) is 29.0 Å². The topological polar surface area (TPSA) is 46.0 Å². The normalized spacial score (nSPS) is 22.1. The van der Waals surface area contributed by atoms with Crippen LogP contribution in [0, 0.1) is 6.92 Å². The van der Waals surface area contributed by atoms with Gasteiger partial charge in [0.05, 0.1) is 15.7 Å². The molecule has 1 aliphatic heterocycles. The lowest BCUT2D eigenvalue weighted by molar-refractivity contribution is 0.311. The molecule has 0 spiro atoms. The average molecular weight is 420 g/mol. The summed E-state index contributed by atoms with van der Waals surface area (Å²) in [5, 5.41) is 10.5. The van der Waals surface area contributed by atoms with Gasteiger partial charge in [0, 0.05) is 43.8 Å². The lowest BCUT2D eigenvalue weighted by atomic mass is 9.95. The van der Waals surface area contributed by atoms with Crippen LogP contribution in [0.3, 0.4) is 0 Å². The molecule has 2 atom stereocenters. The molecule has 4 aromatic rings. The molecule has 1 fully saturated rings. The summed E-state index contributed by atoms with van der Waals surface area (Å²) in [6.45, 7) is 6.70. The molecule has 5 rings (SSSR count). The highest BCUT2D eigenvalue weighted by molar-refractivity contribution is 7.22. The lowest BCUT2D eigenvalue weighted by Gasteiger charge is -2.38. The summed E-state index contributed by atoms with van der Waals surface area (Å²) in [6, 6.07) is 12.7. The van der Waals surface area contributed by atoms with Gasteiger partial charge in [-0.1, -0.05) is 17.4 Å². The molecule has 0 bridgehead atoms. The number of anilines is 1. The van der Waals surface area contributed by atoms with Gasteiger partial charge in [-0.15, -0.1) is 0 Å². The van der Waals surface area contributed by atoms with Crippen LogP contribution < -0.4 is 10.2 Å². The van der Waals surface area contributed by atoms with E-state index < -0.39 is 0 Å². The molecule has 2 unspecified atom stereocenters. The van der Waals surface area contributed by atoms with E-state index in [1.165, 1.54) is 26.8 Å². The minimum absolute atomic E-state index is 0.534. The molecule has 0 radical (unpaired) electrons. The van der Waals surface area contributed by atoms with Gasteiger partial charge in [-0.05, 0) is 74.6 Å². The number of piperidine rings is 1. The zero-order chi connectivity index (χ0) is 21.0. The first-order valence-corrected chi connectivity index (χ1v) is 11.5. The van der Waals surface area contributed by atoms with Gasteiger partial charge >= 0.3 is 0 Å². The fourth-order valence-corrected chi connectivity index (χ4v) is 5.88. The molecule has 6 heteroatoms. The largest absolute Gasteiger partial charge is 0.348 e. The summed E-state index contributed by atoms with van der Waals surface area (Å²) in [7, 11) is 4.18. The third-order valence-corrected chi connectivity index (χ3v) is 7.40. The molecule has 1 saturated heterocycles. The third kappa shape index (κ3) is 3.48. The minimum atomic E-state index is 0.534. The number of nitrogens with one attached hydrogen (secondary N) is 1. The van der Waals surface area contributed by atoms with Crippen molar-refractivity contribution in [3.63, 3.8) is 0 Å². The van der Waals surface area contributed by atoms with Crippen LogP contribution >= 0.6 is 11.3 Å². The number of hydrogen-bond donors (Lipinski definition) is 1. The van der Waals surface area contributed by atoms with Gasteiger partial charge < -0.3 is 10.2 Å². The summed E-state index contributed by atoms with van der Waals surface area (Å²) in [5.74, 6) is 0. The summed E-state index contributed by atoms with van der Waals surface area (Å²) in [6.07, 6.45) is 4.41. The Labute approximate surface area is 181 Å². The van der Waals surface area contributed by atoms with Gasteiger partial charge in [-0.3, -0.25) is 4.68 Å². The van der Waals surface area contributed by atoms with E-state index >= 15 is 0 Å². The Balaban J connectivity index is 1.48. The molecule has 0 saturated carbocycles. The van der Waals surface area contributed by atoms with E-state index in [2.05, 4.69) is 79.7 Å². The van der Waals surface area contributed by atoms with Gasteiger partial charge in [0.1, 0.15) is 0 Å². The Morgan fingerprint density at radius 1 is 1.10 bits per heavy atom. The molecule has 2 aromatic carbocycles. The summed E-state index contributed by atoms with van der Waals surface area (Å²) < 4.78 is 3.13. The Kier molecular flexibility index (Phi) is 4.79. The SMILES string of the molecule is Cc1cc(-c2ccc3nc(N(C)C4CC(C)NC(C)C4)sc3c2)cc2cn(C)nc12.